The van der Waals surface area contributed by atoms with Crippen LogP contribution in [0.3, 0.4) is 0 Å². The first-order chi connectivity index (χ1) is 13.0. The second-order valence-corrected chi connectivity index (χ2v) is 12.6. The summed E-state index contributed by atoms with van der Waals surface area (Å²) in [5.74, 6) is 0.111. The van der Waals surface area contributed by atoms with E-state index < -0.39 is 17.2 Å². The summed E-state index contributed by atoms with van der Waals surface area (Å²) in [7, 11) is 14.3. The van der Waals surface area contributed by atoms with E-state index >= 15 is 0 Å². The van der Waals surface area contributed by atoms with Gasteiger partial charge in [-0.2, -0.15) is 0 Å². The number of carbonyl (C=O) groups excluding carboxylic acids is 1. The smallest absolute Gasteiger partial charge is 0.225 e. The lowest BCUT2D eigenvalue weighted by molar-refractivity contribution is -0.120. The first-order valence-electron chi connectivity index (χ1n) is 9.57. The minimum Gasteiger partial charge on any atom is -0.369 e. The molecule has 150 valence electrons. The van der Waals surface area contributed by atoms with Crippen LogP contribution in [0.2, 0.25) is 0 Å². The van der Waals surface area contributed by atoms with E-state index in [-0.39, 0.29) is 11.3 Å². The van der Waals surface area contributed by atoms with Crippen molar-refractivity contribution in [2.75, 3.05) is 0 Å². The predicted octanol–water partition coefficient (Wildman–Crippen LogP) is 3.06. The highest BCUT2D eigenvalue weighted by atomic mass is 31.1. The minimum atomic E-state index is -1.61. The Kier molecular flexibility index (Phi) is 6.55. The molecule has 5 atom stereocenters. The minimum absolute atomic E-state index is 0.0477. The van der Waals surface area contributed by atoms with E-state index in [1.54, 1.807) is 6.07 Å². The molecule has 1 aromatic heterocycles. The van der Waals surface area contributed by atoms with Gasteiger partial charge >= 0.3 is 0 Å². The summed E-state index contributed by atoms with van der Waals surface area (Å²) in [5.41, 5.74) is 7.94. The van der Waals surface area contributed by atoms with Crippen molar-refractivity contribution in [3.63, 3.8) is 0 Å². The summed E-state index contributed by atoms with van der Waals surface area (Å²) >= 11 is 0. The fourth-order valence-electron chi connectivity index (χ4n) is 4.02. The number of nitrogens with zero attached hydrogens (tertiary/aromatic N) is 1. The number of alkyl halides is 1. The molecule has 0 spiro atoms. The standard InChI is InChI=1S/C19H28BFN3OP3/c1-18(21,26)9-12(17(22)25)11-2-3-13-16(15(11)20)24-14(23-13)8-10-4-6-19(27,28)7-5-10/h2-3,10,12H,4-9,26-28H2,1H3,(H2,22,25)(H,23,24). The fraction of sp³-hybridized carbons (Fsp3) is 0.579. The summed E-state index contributed by atoms with van der Waals surface area (Å²) in [4.78, 5) is 20.3. The van der Waals surface area contributed by atoms with Crippen LogP contribution in [0.5, 0.6) is 0 Å². The van der Waals surface area contributed by atoms with Gasteiger partial charge in [0, 0.05) is 12.8 Å². The second kappa shape index (κ2) is 8.29. The number of nitrogens with one attached hydrogen (secondary N) is 1. The zero-order valence-corrected chi connectivity index (χ0v) is 19.6. The van der Waals surface area contributed by atoms with Gasteiger partial charge in [0.1, 0.15) is 19.1 Å². The Morgan fingerprint density at radius 2 is 2.11 bits per heavy atom. The summed E-state index contributed by atoms with van der Waals surface area (Å²) in [6.45, 7) is 1.40. The molecule has 0 saturated heterocycles. The third-order valence-electron chi connectivity index (χ3n) is 5.62. The van der Waals surface area contributed by atoms with Crippen LogP contribution in [0.1, 0.15) is 56.3 Å². The molecular weight excluding hydrogens is 409 g/mol. The number of nitrogens with two attached hydrogens (primary N) is 1. The van der Waals surface area contributed by atoms with Gasteiger partial charge in [-0.3, -0.25) is 4.79 Å². The Morgan fingerprint density at radius 1 is 1.46 bits per heavy atom. The van der Waals surface area contributed by atoms with Crippen LogP contribution < -0.4 is 11.2 Å². The maximum absolute atomic E-state index is 14.1. The molecule has 9 heteroatoms. The molecule has 1 amide bonds. The van der Waals surface area contributed by atoms with Gasteiger partial charge in [0.05, 0.1) is 17.0 Å². The first-order valence-corrected chi connectivity index (χ1v) is 11.3. The zero-order chi connectivity index (χ0) is 20.7. The summed E-state index contributed by atoms with van der Waals surface area (Å²) in [6.07, 6.45) is 5.49. The lowest BCUT2D eigenvalue weighted by Crippen LogP contribution is -2.30. The van der Waals surface area contributed by atoms with E-state index in [1.165, 1.54) is 6.92 Å². The van der Waals surface area contributed by atoms with Gasteiger partial charge in [0.25, 0.3) is 0 Å². The number of halogens is 1. The molecule has 2 radical (unpaired) electrons. The van der Waals surface area contributed by atoms with Crippen LogP contribution in [0.15, 0.2) is 12.1 Å². The molecular formula is C19H28BFN3OP3. The van der Waals surface area contributed by atoms with Crippen LogP contribution in [0.25, 0.3) is 11.0 Å². The molecule has 5 unspecified atom stereocenters. The molecule has 2 aromatic rings. The van der Waals surface area contributed by atoms with E-state index in [9.17, 15) is 9.18 Å². The van der Waals surface area contributed by atoms with Crippen LogP contribution in [0, 0.1) is 5.92 Å². The van der Waals surface area contributed by atoms with Crippen molar-refractivity contribution >= 4 is 58.0 Å². The third kappa shape index (κ3) is 5.32. The van der Waals surface area contributed by atoms with Crippen molar-refractivity contribution in [2.24, 2.45) is 11.7 Å². The molecule has 1 aliphatic rings. The lowest BCUT2D eigenvalue weighted by Gasteiger charge is -2.33. The second-order valence-electron chi connectivity index (χ2n) is 8.47. The molecule has 3 rings (SSSR count). The Hall–Kier alpha value is -0.555. The average molecular weight is 437 g/mol. The zero-order valence-electron chi connectivity index (χ0n) is 16.2. The van der Waals surface area contributed by atoms with Gasteiger partial charge in [0.15, 0.2) is 0 Å². The third-order valence-corrected chi connectivity index (χ3v) is 7.01. The molecule has 1 aliphatic carbocycles. The molecule has 1 heterocycles. The van der Waals surface area contributed by atoms with Crippen molar-refractivity contribution in [3.05, 3.63) is 23.5 Å². The number of H-pyrrole nitrogens is 1. The maximum atomic E-state index is 14.1. The van der Waals surface area contributed by atoms with Gasteiger partial charge in [0.2, 0.25) is 5.91 Å². The van der Waals surface area contributed by atoms with Crippen molar-refractivity contribution in [1.29, 1.82) is 0 Å². The predicted molar refractivity (Wildman–Crippen MR) is 125 cm³/mol. The number of imidazole rings is 1. The van der Waals surface area contributed by atoms with Gasteiger partial charge in [-0.25, -0.2) is 9.37 Å². The van der Waals surface area contributed by atoms with Crippen LogP contribution in [0.4, 0.5) is 4.39 Å². The Morgan fingerprint density at radius 3 is 2.68 bits per heavy atom. The number of aromatic nitrogens is 2. The number of aromatic amines is 1. The average Bonchev–Trinajstić information content (AvgIpc) is 2.98. The topological polar surface area (TPSA) is 71.8 Å². The molecule has 1 aromatic carbocycles. The van der Waals surface area contributed by atoms with E-state index in [4.69, 9.17) is 18.6 Å². The summed E-state index contributed by atoms with van der Waals surface area (Å²) < 4.78 is 14.1. The molecule has 1 saturated carbocycles. The largest absolute Gasteiger partial charge is 0.369 e. The molecule has 28 heavy (non-hydrogen) atoms. The van der Waals surface area contributed by atoms with Crippen molar-refractivity contribution in [3.8, 4) is 0 Å². The van der Waals surface area contributed by atoms with Crippen molar-refractivity contribution < 1.29 is 9.18 Å². The lowest BCUT2D eigenvalue weighted by atomic mass is 9.81. The number of carbonyl (C=O) groups is 1. The van der Waals surface area contributed by atoms with Crippen molar-refractivity contribution in [1.82, 2.24) is 9.97 Å². The highest BCUT2D eigenvalue weighted by Crippen LogP contribution is 2.44. The van der Waals surface area contributed by atoms with Crippen molar-refractivity contribution in [2.45, 2.75) is 61.7 Å². The normalized spacial score (nSPS) is 20.8. The van der Waals surface area contributed by atoms with E-state index in [1.807, 2.05) is 6.07 Å². The number of rotatable bonds is 6. The number of hydrogen-bond donors (Lipinski definition) is 2. The van der Waals surface area contributed by atoms with E-state index in [0.717, 1.165) is 43.4 Å². The number of fused-ring (bicyclic) bond motifs is 1. The first kappa shape index (κ1) is 22.1. The Labute approximate surface area is 174 Å². The SMILES string of the molecule is [B]c1c(C(CC(C)(F)P)C(N)=O)ccc2[nH]c(CC3CCC(P)(P)CC3)nc12. The molecule has 0 aliphatic heterocycles. The van der Waals surface area contributed by atoms with Gasteiger partial charge < -0.3 is 10.7 Å². The number of benzene rings is 1. The molecule has 1 fully saturated rings. The van der Waals surface area contributed by atoms with E-state index in [0.29, 0.717) is 22.5 Å². The van der Waals surface area contributed by atoms with Gasteiger partial charge in [-0.1, -0.05) is 20.8 Å². The van der Waals surface area contributed by atoms with Gasteiger partial charge in [-0.05, 0) is 55.1 Å². The number of amides is 1. The summed E-state index contributed by atoms with van der Waals surface area (Å²) in [5, 5.41) is -1.61. The van der Waals surface area contributed by atoms with Crippen LogP contribution in [-0.4, -0.2) is 34.0 Å². The monoisotopic (exact) mass is 437 g/mol. The van der Waals surface area contributed by atoms with Crippen LogP contribution in [-0.2, 0) is 11.2 Å². The molecule has 3 N–H and O–H groups in total. The highest BCUT2D eigenvalue weighted by Gasteiger charge is 2.30. The Balaban J connectivity index is 1.85. The molecule has 0 bridgehead atoms. The Bertz CT molecular complexity index is 871. The maximum Gasteiger partial charge on any atom is 0.225 e. The summed E-state index contributed by atoms with van der Waals surface area (Å²) in [6, 6.07) is 3.60. The quantitative estimate of drug-likeness (QED) is 0.539. The van der Waals surface area contributed by atoms with Crippen LogP contribution >= 0.6 is 27.7 Å². The molecule has 4 nitrogen and oxygen atoms in total. The fourth-order valence-corrected chi connectivity index (χ4v) is 4.92. The van der Waals surface area contributed by atoms with E-state index in [2.05, 4.69) is 32.7 Å². The van der Waals surface area contributed by atoms with Gasteiger partial charge in [-0.15, -0.1) is 18.5 Å². The number of primary amides is 1. The highest BCUT2D eigenvalue weighted by molar-refractivity contribution is 7.39. The number of hydrogen-bond acceptors (Lipinski definition) is 2.